The minimum Gasteiger partial charge on any atom is -0.344 e. The third kappa shape index (κ3) is 4.19. The van der Waals surface area contributed by atoms with E-state index in [0.717, 1.165) is 5.56 Å². The summed E-state index contributed by atoms with van der Waals surface area (Å²) in [5.41, 5.74) is 0.962. The fraction of sp³-hybridized carbons (Fsp3) is 0.357. The Bertz CT molecular complexity index is 436. The molecule has 0 radical (unpaired) electrons. The molecule has 1 aromatic rings. The number of hydrogen-bond donors (Lipinski definition) is 1. The minimum atomic E-state index is -0.264. The number of carbonyl (C=O) groups is 1. The number of carbonyl (C=O) groups excluding carboxylic acids is 1. The molecule has 0 aliphatic rings. The average Bonchev–Trinajstić information content (AvgIpc) is 2.36. The summed E-state index contributed by atoms with van der Waals surface area (Å²) in [4.78, 5) is 13.4. The van der Waals surface area contributed by atoms with E-state index in [9.17, 15) is 9.18 Å². The molecule has 1 atom stereocenters. The molecule has 1 rings (SSSR count). The van der Waals surface area contributed by atoms with Gasteiger partial charge in [-0.05, 0) is 31.7 Å². The molecule has 0 fully saturated rings. The second-order valence-electron chi connectivity index (χ2n) is 4.12. The van der Waals surface area contributed by atoms with Crippen LogP contribution in [0.2, 0.25) is 0 Å². The Morgan fingerprint density at radius 1 is 1.50 bits per heavy atom. The highest BCUT2D eigenvalue weighted by molar-refractivity contribution is 5.78. The Kier molecular flexibility index (Phi) is 5.34. The van der Waals surface area contributed by atoms with Gasteiger partial charge in [0.25, 0.3) is 0 Å². The summed E-state index contributed by atoms with van der Waals surface area (Å²) in [5.74, 6) is 1.96. The zero-order valence-electron chi connectivity index (χ0n) is 10.6. The Hall–Kier alpha value is -1.86. The van der Waals surface area contributed by atoms with E-state index in [1.54, 1.807) is 12.1 Å². The van der Waals surface area contributed by atoms with Crippen LogP contribution < -0.4 is 5.32 Å². The van der Waals surface area contributed by atoms with E-state index in [4.69, 9.17) is 6.42 Å². The molecule has 96 valence electrons. The quantitative estimate of drug-likeness (QED) is 0.802. The van der Waals surface area contributed by atoms with Crippen molar-refractivity contribution < 1.29 is 9.18 Å². The maximum Gasteiger partial charge on any atom is 0.234 e. The molecule has 0 saturated heterocycles. The normalized spacial score (nSPS) is 11.9. The van der Waals surface area contributed by atoms with E-state index in [0.29, 0.717) is 0 Å². The standard InChI is InChI=1S/C14H17FN2O/c1-4-9-16-14(18)10-17(3)11(2)12-5-7-13(15)8-6-12/h1,5-8,11H,9-10H2,2-3H3,(H,16,18). The molecule has 1 unspecified atom stereocenters. The largest absolute Gasteiger partial charge is 0.344 e. The molecular formula is C14H17FN2O. The van der Waals surface area contributed by atoms with Gasteiger partial charge >= 0.3 is 0 Å². The summed E-state index contributed by atoms with van der Waals surface area (Å²) in [6.07, 6.45) is 5.06. The van der Waals surface area contributed by atoms with Crippen LogP contribution in [0, 0.1) is 18.2 Å². The number of halogens is 1. The molecule has 1 aromatic carbocycles. The van der Waals surface area contributed by atoms with Crippen molar-refractivity contribution in [3.63, 3.8) is 0 Å². The van der Waals surface area contributed by atoms with Crippen LogP contribution in [0.15, 0.2) is 24.3 Å². The number of terminal acetylenes is 1. The topological polar surface area (TPSA) is 32.3 Å². The second kappa shape index (κ2) is 6.77. The summed E-state index contributed by atoms with van der Waals surface area (Å²) in [5, 5.41) is 2.60. The molecule has 0 heterocycles. The molecule has 0 aromatic heterocycles. The van der Waals surface area contributed by atoms with Crippen LogP contribution in [0.4, 0.5) is 4.39 Å². The first-order chi connectivity index (χ1) is 8.54. The van der Waals surface area contributed by atoms with Crippen LogP contribution in [0.3, 0.4) is 0 Å². The Balaban J connectivity index is 2.56. The smallest absolute Gasteiger partial charge is 0.234 e. The number of rotatable bonds is 5. The Morgan fingerprint density at radius 3 is 2.67 bits per heavy atom. The number of hydrogen-bond acceptors (Lipinski definition) is 2. The van der Waals surface area contributed by atoms with Gasteiger partial charge in [0, 0.05) is 6.04 Å². The lowest BCUT2D eigenvalue weighted by atomic mass is 10.1. The van der Waals surface area contributed by atoms with Crippen molar-refractivity contribution in [3.8, 4) is 12.3 Å². The van der Waals surface area contributed by atoms with Crippen molar-refractivity contribution in [2.24, 2.45) is 0 Å². The van der Waals surface area contributed by atoms with E-state index in [-0.39, 0.29) is 30.9 Å². The first-order valence-electron chi connectivity index (χ1n) is 5.70. The molecule has 4 heteroatoms. The third-order valence-corrected chi connectivity index (χ3v) is 2.79. The molecule has 0 aliphatic heterocycles. The van der Waals surface area contributed by atoms with E-state index < -0.39 is 0 Å². The number of likely N-dealkylation sites (N-methyl/N-ethyl adjacent to an activating group) is 1. The van der Waals surface area contributed by atoms with Gasteiger partial charge in [-0.1, -0.05) is 18.1 Å². The fourth-order valence-corrected chi connectivity index (χ4v) is 1.56. The molecular weight excluding hydrogens is 231 g/mol. The predicted molar refractivity (Wildman–Crippen MR) is 69.3 cm³/mol. The zero-order valence-corrected chi connectivity index (χ0v) is 10.6. The van der Waals surface area contributed by atoms with Gasteiger partial charge in [0.15, 0.2) is 0 Å². The fourth-order valence-electron chi connectivity index (χ4n) is 1.56. The highest BCUT2D eigenvalue weighted by Gasteiger charge is 2.14. The Labute approximate surface area is 107 Å². The van der Waals surface area contributed by atoms with E-state index >= 15 is 0 Å². The number of amides is 1. The van der Waals surface area contributed by atoms with Crippen molar-refractivity contribution in [3.05, 3.63) is 35.6 Å². The van der Waals surface area contributed by atoms with Crippen LogP contribution in [-0.4, -0.2) is 30.9 Å². The van der Waals surface area contributed by atoms with Gasteiger partial charge < -0.3 is 5.32 Å². The van der Waals surface area contributed by atoms with E-state index in [2.05, 4.69) is 11.2 Å². The number of nitrogens with zero attached hydrogens (tertiary/aromatic N) is 1. The van der Waals surface area contributed by atoms with Gasteiger partial charge in [-0.2, -0.15) is 0 Å². The van der Waals surface area contributed by atoms with Gasteiger partial charge in [-0.25, -0.2) is 4.39 Å². The van der Waals surface area contributed by atoms with Crippen molar-refractivity contribution in [1.29, 1.82) is 0 Å². The molecule has 3 nitrogen and oxygen atoms in total. The zero-order chi connectivity index (χ0) is 13.5. The predicted octanol–water partition coefficient (Wildman–Crippen LogP) is 1.57. The van der Waals surface area contributed by atoms with Crippen LogP contribution >= 0.6 is 0 Å². The van der Waals surface area contributed by atoms with E-state index in [1.807, 2.05) is 18.9 Å². The van der Waals surface area contributed by atoms with Crippen molar-refractivity contribution in [2.75, 3.05) is 20.1 Å². The molecule has 1 N–H and O–H groups in total. The summed E-state index contributed by atoms with van der Waals surface area (Å²) in [6.45, 7) is 2.44. The van der Waals surface area contributed by atoms with Crippen molar-refractivity contribution in [1.82, 2.24) is 10.2 Å². The summed E-state index contributed by atoms with van der Waals surface area (Å²) >= 11 is 0. The van der Waals surface area contributed by atoms with Crippen LogP contribution in [0.25, 0.3) is 0 Å². The van der Waals surface area contributed by atoms with E-state index in [1.165, 1.54) is 12.1 Å². The first-order valence-corrected chi connectivity index (χ1v) is 5.70. The molecule has 18 heavy (non-hydrogen) atoms. The second-order valence-corrected chi connectivity index (χ2v) is 4.12. The lowest BCUT2D eigenvalue weighted by Gasteiger charge is -2.24. The van der Waals surface area contributed by atoms with Gasteiger partial charge in [0.1, 0.15) is 5.82 Å². The lowest BCUT2D eigenvalue weighted by molar-refractivity contribution is -0.122. The highest BCUT2D eigenvalue weighted by atomic mass is 19.1. The highest BCUT2D eigenvalue weighted by Crippen LogP contribution is 2.18. The van der Waals surface area contributed by atoms with Gasteiger partial charge in [0.2, 0.25) is 5.91 Å². The molecule has 1 amide bonds. The minimum absolute atomic E-state index is 0.0298. The number of benzene rings is 1. The third-order valence-electron chi connectivity index (χ3n) is 2.79. The molecule has 0 spiro atoms. The van der Waals surface area contributed by atoms with Gasteiger partial charge in [-0.15, -0.1) is 6.42 Å². The number of nitrogens with one attached hydrogen (secondary N) is 1. The molecule has 0 saturated carbocycles. The van der Waals surface area contributed by atoms with Crippen LogP contribution in [-0.2, 0) is 4.79 Å². The first kappa shape index (κ1) is 14.2. The summed E-state index contributed by atoms with van der Waals surface area (Å²) in [6, 6.07) is 6.30. The summed E-state index contributed by atoms with van der Waals surface area (Å²) < 4.78 is 12.8. The average molecular weight is 248 g/mol. The summed E-state index contributed by atoms with van der Waals surface area (Å²) in [7, 11) is 1.84. The van der Waals surface area contributed by atoms with Gasteiger partial charge in [0.05, 0.1) is 13.1 Å². The van der Waals surface area contributed by atoms with Crippen molar-refractivity contribution >= 4 is 5.91 Å². The maximum atomic E-state index is 12.8. The lowest BCUT2D eigenvalue weighted by Crippen LogP contribution is -2.36. The molecule has 0 aliphatic carbocycles. The molecule has 0 bridgehead atoms. The van der Waals surface area contributed by atoms with Crippen LogP contribution in [0.1, 0.15) is 18.5 Å². The van der Waals surface area contributed by atoms with Crippen LogP contribution in [0.5, 0.6) is 0 Å². The van der Waals surface area contributed by atoms with Crippen molar-refractivity contribution in [2.45, 2.75) is 13.0 Å². The van der Waals surface area contributed by atoms with Gasteiger partial charge in [-0.3, -0.25) is 9.69 Å². The Morgan fingerprint density at radius 2 is 2.11 bits per heavy atom. The monoisotopic (exact) mass is 248 g/mol. The maximum absolute atomic E-state index is 12.8. The SMILES string of the molecule is C#CCNC(=O)CN(C)C(C)c1ccc(F)cc1.